The van der Waals surface area contributed by atoms with E-state index in [4.69, 9.17) is 0 Å². The van der Waals surface area contributed by atoms with Crippen LogP contribution in [-0.4, -0.2) is 43.0 Å². The van der Waals surface area contributed by atoms with E-state index in [-0.39, 0.29) is 11.6 Å². The number of carbonyl (C=O) groups excluding carboxylic acids is 2. The van der Waals surface area contributed by atoms with E-state index in [0.717, 1.165) is 29.9 Å². The third-order valence-corrected chi connectivity index (χ3v) is 5.68. The van der Waals surface area contributed by atoms with Crippen molar-refractivity contribution in [2.45, 2.75) is 13.3 Å². The molecule has 33 heavy (non-hydrogen) atoms. The van der Waals surface area contributed by atoms with Crippen LogP contribution in [0.4, 0.5) is 26.2 Å². The summed E-state index contributed by atoms with van der Waals surface area (Å²) in [7, 11) is 0. The average Bonchev–Trinajstić information content (AvgIpc) is 2.81. The summed E-state index contributed by atoms with van der Waals surface area (Å²) in [6, 6.07) is 21.1. The second-order valence-electron chi connectivity index (χ2n) is 8.14. The molecule has 3 aromatic rings. The van der Waals surface area contributed by atoms with Gasteiger partial charge in [0.15, 0.2) is 0 Å². The van der Waals surface area contributed by atoms with Crippen molar-refractivity contribution >= 4 is 29.0 Å². The first kappa shape index (κ1) is 22.3. The summed E-state index contributed by atoms with van der Waals surface area (Å²) >= 11 is 0. The van der Waals surface area contributed by atoms with E-state index in [1.165, 1.54) is 12.1 Å². The van der Waals surface area contributed by atoms with Crippen molar-refractivity contribution in [1.29, 1.82) is 0 Å². The molecule has 1 fully saturated rings. The highest BCUT2D eigenvalue weighted by atomic mass is 19.1. The van der Waals surface area contributed by atoms with Crippen LogP contribution in [-0.2, 0) is 11.2 Å². The lowest BCUT2D eigenvalue weighted by molar-refractivity contribution is -0.130. The Morgan fingerprint density at radius 3 is 2.30 bits per heavy atom. The average molecular weight is 447 g/mol. The van der Waals surface area contributed by atoms with Crippen molar-refractivity contribution < 1.29 is 14.0 Å². The zero-order valence-electron chi connectivity index (χ0n) is 18.6. The summed E-state index contributed by atoms with van der Waals surface area (Å²) in [5.74, 6) is -0.333. The first-order valence-corrected chi connectivity index (χ1v) is 11.0. The van der Waals surface area contributed by atoms with Crippen LogP contribution >= 0.6 is 0 Å². The van der Waals surface area contributed by atoms with Gasteiger partial charge in [-0.25, -0.2) is 9.18 Å². The summed E-state index contributed by atoms with van der Waals surface area (Å²) in [4.78, 5) is 28.9. The van der Waals surface area contributed by atoms with Gasteiger partial charge in [-0.3, -0.25) is 4.79 Å². The van der Waals surface area contributed by atoms with Gasteiger partial charge in [0.25, 0.3) is 0 Å². The molecule has 3 amide bonds. The molecule has 0 bridgehead atoms. The van der Waals surface area contributed by atoms with E-state index in [1.807, 2.05) is 54.3 Å². The summed E-state index contributed by atoms with van der Waals surface area (Å²) in [6.45, 7) is 4.88. The molecule has 0 radical (unpaired) electrons. The maximum atomic E-state index is 13.7. The zero-order valence-corrected chi connectivity index (χ0v) is 18.6. The van der Waals surface area contributed by atoms with Crippen molar-refractivity contribution in [2.24, 2.45) is 0 Å². The SMILES string of the molecule is Cc1cccc(CC(=O)N2CCN(c3ccc(NC(=O)Nc4ccccc4F)cc3)CC2)c1. The predicted molar refractivity (Wildman–Crippen MR) is 129 cm³/mol. The fourth-order valence-corrected chi connectivity index (χ4v) is 3.93. The van der Waals surface area contributed by atoms with E-state index in [1.54, 1.807) is 12.1 Å². The first-order chi connectivity index (χ1) is 16.0. The van der Waals surface area contributed by atoms with Gasteiger partial charge in [0, 0.05) is 37.6 Å². The molecular weight excluding hydrogens is 419 g/mol. The molecule has 0 aromatic heterocycles. The summed E-state index contributed by atoms with van der Waals surface area (Å²) in [5, 5.41) is 5.21. The summed E-state index contributed by atoms with van der Waals surface area (Å²) in [6.07, 6.45) is 0.428. The standard InChI is InChI=1S/C26H27FN4O2/c1-19-5-4-6-20(17-19)18-25(32)31-15-13-30(14-16-31)22-11-9-21(10-12-22)28-26(33)29-24-8-3-2-7-23(24)27/h2-12,17H,13-16,18H2,1H3,(H2,28,29,33). The number of benzene rings is 3. The number of rotatable bonds is 5. The van der Waals surface area contributed by atoms with Crippen LogP contribution < -0.4 is 15.5 Å². The number of para-hydroxylation sites is 1. The second-order valence-corrected chi connectivity index (χ2v) is 8.14. The molecule has 0 aliphatic carbocycles. The normalized spacial score (nSPS) is 13.5. The molecule has 3 aromatic carbocycles. The number of hydrogen-bond donors (Lipinski definition) is 2. The van der Waals surface area contributed by atoms with Gasteiger partial charge in [0.1, 0.15) is 5.82 Å². The van der Waals surface area contributed by atoms with Gasteiger partial charge in [0.05, 0.1) is 12.1 Å². The number of nitrogens with zero attached hydrogens (tertiary/aromatic N) is 2. The molecule has 0 saturated carbocycles. The van der Waals surface area contributed by atoms with Crippen molar-refractivity contribution in [3.63, 3.8) is 0 Å². The number of piperazine rings is 1. The number of hydrogen-bond acceptors (Lipinski definition) is 3. The summed E-state index contributed by atoms with van der Waals surface area (Å²) < 4.78 is 13.7. The van der Waals surface area contributed by atoms with Crippen LogP contribution in [0.15, 0.2) is 72.8 Å². The Kier molecular flexibility index (Phi) is 6.88. The molecular formula is C26H27FN4O2. The molecule has 1 saturated heterocycles. The van der Waals surface area contributed by atoms with E-state index >= 15 is 0 Å². The Hall–Kier alpha value is -3.87. The van der Waals surface area contributed by atoms with Gasteiger partial charge in [0.2, 0.25) is 5.91 Å². The van der Waals surface area contributed by atoms with Crippen LogP contribution in [0.2, 0.25) is 0 Å². The Labute approximate surface area is 193 Å². The van der Waals surface area contributed by atoms with Crippen LogP contribution in [0, 0.1) is 12.7 Å². The molecule has 2 N–H and O–H groups in total. The van der Waals surface area contributed by atoms with Crippen molar-refractivity contribution in [1.82, 2.24) is 4.90 Å². The van der Waals surface area contributed by atoms with Crippen molar-refractivity contribution in [3.05, 3.63) is 89.7 Å². The Bertz CT molecular complexity index is 1130. The molecule has 6 nitrogen and oxygen atoms in total. The van der Waals surface area contributed by atoms with Gasteiger partial charge < -0.3 is 20.4 Å². The van der Waals surface area contributed by atoms with E-state index in [9.17, 15) is 14.0 Å². The highest BCUT2D eigenvalue weighted by molar-refractivity contribution is 5.99. The Balaban J connectivity index is 1.27. The lowest BCUT2D eigenvalue weighted by Gasteiger charge is -2.36. The molecule has 0 unspecified atom stereocenters. The van der Waals surface area contributed by atoms with E-state index in [0.29, 0.717) is 25.2 Å². The molecule has 1 heterocycles. The Morgan fingerprint density at radius 1 is 0.879 bits per heavy atom. The van der Waals surface area contributed by atoms with Gasteiger partial charge in [-0.2, -0.15) is 0 Å². The number of halogens is 1. The van der Waals surface area contributed by atoms with Crippen LogP contribution in [0.25, 0.3) is 0 Å². The minimum absolute atomic E-state index is 0.126. The van der Waals surface area contributed by atoms with Crippen molar-refractivity contribution in [2.75, 3.05) is 41.7 Å². The van der Waals surface area contributed by atoms with Crippen molar-refractivity contribution in [3.8, 4) is 0 Å². The van der Waals surface area contributed by atoms with Crippen LogP contribution in [0.3, 0.4) is 0 Å². The topological polar surface area (TPSA) is 64.7 Å². The molecule has 0 atom stereocenters. The maximum absolute atomic E-state index is 13.7. The fraction of sp³-hybridized carbons (Fsp3) is 0.231. The quantitative estimate of drug-likeness (QED) is 0.599. The summed E-state index contributed by atoms with van der Waals surface area (Å²) in [5.41, 5.74) is 3.97. The molecule has 4 rings (SSSR count). The van der Waals surface area contributed by atoms with Gasteiger partial charge in [-0.1, -0.05) is 42.0 Å². The number of anilines is 3. The van der Waals surface area contributed by atoms with Gasteiger partial charge in [-0.15, -0.1) is 0 Å². The highest BCUT2D eigenvalue weighted by Gasteiger charge is 2.21. The molecule has 7 heteroatoms. The zero-order chi connectivity index (χ0) is 23.2. The maximum Gasteiger partial charge on any atom is 0.323 e. The van der Waals surface area contributed by atoms with Crippen LogP contribution in [0.5, 0.6) is 0 Å². The molecule has 1 aliphatic heterocycles. The highest BCUT2D eigenvalue weighted by Crippen LogP contribution is 2.21. The monoisotopic (exact) mass is 446 g/mol. The van der Waals surface area contributed by atoms with Gasteiger partial charge in [-0.05, 0) is 48.9 Å². The second kappa shape index (κ2) is 10.2. The minimum Gasteiger partial charge on any atom is -0.368 e. The third-order valence-electron chi connectivity index (χ3n) is 5.68. The fourth-order valence-electron chi connectivity index (χ4n) is 3.93. The molecule has 170 valence electrons. The number of carbonyl (C=O) groups is 2. The lowest BCUT2D eigenvalue weighted by atomic mass is 10.1. The predicted octanol–water partition coefficient (Wildman–Crippen LogP) is 4.67. The Morgan fingerprint density at radius 2 is 1.61 bits per heavy atom. The number of aryl methyl sites for hydroxylation is 1. The van der Waals surface area contributed by atoms with E-state index in [2.05, 4.69) is 21.6 Å². The number of amides is 3. The van der Waals surface area contributed by atoms with E-state index < -0.39 is 11.8 Å². The minimum atomic E-state index is -0.506. The number of urea groups is 1. The van der Waals surface area contributed by atoms with Gasteiger partial charge >= 0.3 is 6.03 Å². The molecule has 0 spiro atoms. The first-order valence-electron chi connectivity index (χ1n) is 11.0. The lowest BCUT2D eigenvalue weighted by Crippen LogP contribution is -2.49. The third kappa shape index (κ3) is 5.88. The number of nitrogens with one attached hydrogen (secondary N) is 2. The largest absolute Gasteiger partial charge is 0.368 e. The molecule has 1 aliphatic rings. The smallest absolute Gasteiger partial charge is 0.323 e. The van der Waals surface area contributed by atoms with Crippen LogP contribution in [0.1, 0.15) is 11.1 Å².